The largest absolute Gasteiger partial charge is 0.355 e. The summed E-state index contributed by atoms with van der Waals surface area (Å²) in [6.07, 6.45) is 1.52. The number of benzene rings is 1. The van der Waals surface area contributed by atoms with E-state index in [1.54, 1.807) is 24.3 Å². The Morgan fingerprint density at radius 3 is 2.64 bits per heavy atom. The van der Waals surface area contributed by atoms with Crippen molar-refractivity contribution in [2.75, 3.05) is 4.72 Å². The second-order valence-corrected chi connectivity index (χ2v) is 7.91. The molecule has 0 bridgehead atoms. The molecule has 0 saturated carbocycles. The van der Waals surface area contributed by atoms with Crippen LogP contribution in [0.3, 0.4) is 0 Å². The first-order valence-electron chi connectivity index (χ1n) is 6.57. The van der Waals surface area contributed by atoms with Crippen molar-refractivity contribution in [1.82, 2.24) is 5.16 Å². The SMILES string of the molecule is Cc1ccc(NS(=O)(=O)c2ccc(-c3ccno3)s2)c(C)c1. The van der Waals surface area contributed by atoms with Gasteiger partial charge in [-0.2, -0.15) is 0 Å². The Labute approximate surface area is 132 Å². The van der Waals surface area contributed by atoms with Gasteiger partial charge in [0.15, 0.2) is 5.76 Å². The molecule has 0 aliphatic heterocycles. The zero-order valence-electron chi connectivity index (χ0n) is 12.0. The van der Waals surface area contributed by atoms with E-state index >= 15 is 0 Å². The fraction of sp³-hybridized carbons (Fsp3) is 0.133. The van der Waals surface area contributed by atoms with Crippen molar-refractivity contribution in [1.29, 1.82) is 0 Å². The molecule has 3 aromatic rings. The lowest BCUT2D eigenvalue weighted by Gasteiger charge is -2.09. The number of rotatable bonds is 4. The van der Waals surface area contributed by atoms with Crippen LogP contribution in [-0.2, 0) is 10.0 Å². The lowest BCUT2D eigenvalue weighted by Crippen LogP contribution is -2.12. The van der Waals surface area contributed by atoms with E-state index in [9.17, 15) is 8.42 Å². The summed E-state index contributed by atoms with van der Waals surface area (Å²) in [5, 5.41) is 3.62. The molecule has 0 amide bonds. The minimum absolute atomic E-state index is 0.235. The first-order valence-corrected chi connectivity index (χ1v) is 8.87. The Morgan fingerprint density at radius 1 is 1.14 bits per heavy atom. The summed E-state index contributed by atoms with van der Waals surface area (Å²) >= 11 is 1.14. The molecule has 3 rings (SSSR count). The van der Waals surface area contributed by atoms with E-state index in [0.29, 0.717) is 11.4 Å². The number of hydrogen-bond acceptors (Lipinski definition) is 5. The van der Waals surface area contributed by atoms with Gasteiger partial charge < -0.3 is 4.52 Å². The van der Waals surface area contributed by atoms with Gasteiger partial charge in [0, 0.05) is 6.07 Å². The first kappa shape index (κ1) is 14.8. The fourth-order valence-electron chi connectivity index (χ4n) is 2.06. The summed E-state index contributed by atoms with van der Waals surface area (Å²) in [6, 6.07) is 10.6. The Morgan fingerprint density at radius 2 is 1.95 bits per heavy atom. The normalized spacial score (nSPS) is 11.5. The van der Waals surface area contributed by atoms with Gasteiger partial charge in [-0.05, 0) is 37.6 Å². The van der Waals surface area contributed by atoms with Crippen LogP contribution in [0.5, 0.6) is 0 Å². The molecule has 114 valence electrons. The molecule has 0 atom stereocenters. The Bertz CT molecular complexity index is 897. The number of nitrogens with zero attached hydrogens (tertiary/aromatic N) is 1. The summed E-state index contributed by atoms with van der Waals surface area (Å²) in [7, 11) is -3.61. The molecular weight excluding hydrogens is 320 g/mol. The molecule has 7 heteroatoms. The summed E-state index contributed by atoms with van der Waals surface area (Å²) in [4.78, 5) is 0.721. The summed E-state index contributed by atoms with van der Waals surface area (Å²) in [5.41, 5.74) is 2.56. The predicted molar refractivity (Wildman–Crippen MR) is 86.5 cm³/mol. The average Bonchev–Trinajstić information content (AvgIpc) is 3.11. The second-order valence-electron chi connectivity index (χ2n) is 4.92. The molecule has 0 aliphatic rings. The monoisotopic (exact) mass is 334 g/mol. The van der Waals surface area contributed by atoms with E-state index in [1.807, 2.05) is 26.0 Å². The quantitative estimate of drug-likeness (QED) is 0.787. The van der Waals surface area contributed by atoms with E-state index in [0.717, 1.165) is 27.3 Å². The predicted octanol–water partition coefficient (Wildman–Crippen LogP) is 3.82. The Kier molecular flexibility index (Phi) is 3.76. The van der Waals surface area contributed by atoms with Crippen LogP contribution < -0.4 is 4.72 Å². The molecule has 0 fully saturated rings. The van der Waals surface area contributed by atoms with Crippen LogP contribution >= 0.6 is 11.3 Å². The Balaban J connectivity index is 1.90. The highest BCUT2D eigenvalue weighted by Gasteiger charge is 2.19. The van der Waals surface area contributed by atoms with Crippen LogP contribution in [0, 0.1) is 13.8 Å². The van der Waals surface area contributed by atoms with Gasteiger partial charge in [-0.15, -0.1) is 11.3 Å². The maximum Gasteiger partial charge on any atom is 0.271 e. The number of nitrogens with one attached hydrogen (secondary N) is 1. The molecule has 0 aliphatic carbocycles. The van der Waals surface area contributed by atoms with Gasteiger partial charge in [0.05, 0.1) is 16.8 Å². The van der Waals surface area contributed by atoms with Crippen LogP contribution in [0.1, 0.15) is 11.1 Å². The van der Waals surface area contributed by atoms with E-state index in [2.05, 4.69) is 9.88 Å². The number of aryl methyl sites for hydroxylation is 2. The molecule has 0 saturated heterocycles. The van der Waals surface area contributed by atoms with Gasteiger partial charge in [0.1, 0.15) is 4.21 Å². The van der Waals surface area contributed by atoms with Gasteiger partial charge in [-0.3, -0.25) is 4.72 Å². The van der Waals surface area contributed by atoms with Crippen LogP contribution in [0.2, 0.25) is 0 Å². The molecule has 0 unspecified atom stereocenters. The van der Waals surface area contributed by atoms with Gasteiger partial charge in [-0.25, -0.2) is 8.42 Å². The van der Waals surface area contributed by atoms with Crippen LogP contribution in [0.4, 0.5) is 5.69 Å². The van der Waals surface area contributed by atoms with Crippen LogP contribution in [0.25, 0.3) is 10.6 Å². The third kappa shape index (κ3) is 2.90. The van der Waals surface area contributed by atoms with Gasteiger partial charge in [0.2, 0.25) is 0 Å². The number of sulfonamides is 1. The minimum Gasteiger partial charge on any atom is -0.355 e. The molecule has 0 spiro atoms. The smallest absolute Gasteiger partial charge is 0.271 e. The molecule has 1 aromatic carbocycles. The molecule has 22 heavy (non-hydrogen) atoms. The first-order chi connectivity index (χ1) is 10.5. The maximum atomic E-state index is 12.5. The summed E-state index contributed by atoms with van der Waals surface area (Å²) in [5.74, 6) is 0.554. The number of anilines is 1. The molecular formula is C15H14N2O3S2. The molecule has 2 heterocycles. The highest BCUT2D eigenvalue weighted by atomic mass is 32.2. The zero-order valence-corrected chi connectivity index (χ0v) is 13.7. The second kappa shape index (κ2) is 5.58. The third-order valence-corrected chi connectivity index (χ3v) is 6.11. The topological polar surface area (TPSA) is 72.2 Å². The van der Waals surface area contributed by atoms with Crippen LogP contribution in [-0.4, -0.2) is 13.6 Å². The van der Waals surface area contributed by atoms with Crippen molar-refractivity contribution < 1.29 is 12.9 Å². The van der Waals surface area contributed by atoms with Crippen LogP contribution in [0.15, 0.2) is 51.3 Å². The van der Waals surface area contributed by atoms with Crippen molar-refractivity contribution in [3.63, 3.8) is 0 Å². The number of aromatic nitrogens is 1. The summed E-state index contributed by atoms with van der Waals surface area (Å²) in [6.45, 7) is 3.84. The number of thiophene rings is 1. The molecule has 1 N–H and O–H groups in total. The average molecular weight is 334 g/mol. The zero-order chi connectivity index (χ0) is 15.7. The fourth-order valence-corrected chi connectivity index (χ4v) is 4.46. The summed E-state index contributed by atoms with van der Waals surface area (Å²) < 4.78 is 32.9. The van der Waals surface area contributed by atoms with E-state index in [4.69, 9.17) is 4.52 Å². The van der Waals surface area contributed by atoms with E-state index in [1.165, 1.54) is 6.20 Å². The highest BCUT2D eigenvalue weighted by molar-refractivity contribution is 7.94. The van der Waals surface area contributed by atoms with E-state index in [-0.39, 0.29) is 4.21 Å². The highest BCUT2D eigenvalue weighted by Crippen LogP contribution is 2.31. The maximum absolute atomic E-state index is 12.5. The van der Waals surface area contributed by atoms with Crippen molar-refractivity contribution in [3.05, 3.63) is 53.7 Å². The van der Waals surface area contributed by atoms with Gasteiger partial charge in [0.25, 0.3) is 10.0 Å². The standard InChI is InChI=1S/C15H14N2O3S2/c1-10-3-4-12(11(2)9-10)17-22(18,19)15-6-5-14(21-15)13-7-8-16-20-13/h3-9,17H,1-2H3. The van der Waals surface area contributed by atoms with Gasteiger partial charge >= 0.3 is 0 Å². The van der Waals surface area contributed by atoms with E-state index < -0.39 is 10.0 Å². The van der Waals surface area contributed by atoms with Gasteiger partial charge in [-0.1, -0.05) is 22.9 Å². The number of hydrogen-bond donors (Lipinski definition) is 1. The van der Waals surface area contributed by atoms with Crippen molar-refractivity contribution in [3.8, 4) is 10.6 Å². The lowest BCUT2D eigenvalue weighted by molar-refractivity contribution is 0.433. The minimum atomic E-state index is -3.61. The Hall–Kier alpha value is -2.12. The van der Waals surface area contributed by atoms with Crippen molar-refractivity contribution in [2.45, 2.75) is 18.1 Å². The molecule has 5 nitrogen and oxygen atoms in total. The van der Waals surface area contributed by atoms with Crippen molar-refractivity contribution in [2.24, 2.45) is 0 Å². The third-order valence-electron chi connectivity index (χ3n) is 3.15. The van der Waals surface area contributed by atoms with Crippen molar-refractivity contribution >= 4 is 27.0 Å². The molecule has 0 radical (unpaired) electrons. The lowest BCUT2D eigenvalue weighted by atomic mass is 10.1. The molecule has 2 aromatic heterocycles.